The van der Waals surface area contributed by atoms with Gasteiger partial charge in [0.1, 0.15) is 11.5 Å². The lowest BCUT2D eigenvalue weighted by Crippen LogP contribution is -1.97. The first-order valence-electron chi connectivity index (χ1n) is 5.54. The molecule has 0 fully saturated rings. The van der Waals surface area contributed by atoms with Gasteiger partial charge in [-0.3, -0.25) is 4.68 Å². The van der Waals surface area contributed by atoms with Gasteiger partial charge in [0.15, 0.2) is 0 Å². The van der Waals surface area contributed by atoms with Crippen LogP contribution in [0.25, 0.3) is 17.1 Å². The fourth-order valence-corrected chi connectivity index (χ4v) is 1.82. The maximum absolute atomic E-state index is 12.8. The second-order valence-electron chi connectivity index (χ2n) is 3.96. The highest BCUT2D eigenvalue weighted by molar-refractivity contribution is 5.53. The van der Waals surface area contributed by atoms with E-state index in [4.69, 9.17) is 0 Å². The number of aromatic nitrogens is 4. The van der Waals surface area contributed by atoms with Gasteiger partial charge >= 0.3 is 0 Å². The van der Waals surface area contributed by atoms with Crippen molar-refractivity contribution >= 4 is 0 Å². The molecule has 5 heteroatoms. The quantitative estimate of drug-likeness (QED) is 0.691. The normalized spacial score (nSPS) is 10.8. The fourth-order valence-electron chi connectivity index (χ4n) is 1.82. The van der Waals surface area contributed by atoms with E-state index in [-0.39, 0.29) is 5.82 Å². The van der Waals surface area contributed by atoms with Gasteiger partial charge in [-0.05, 0) is 36.4 Å². The summed E-state index contributed by atoms with van der Waals surface area (Å²) in [7, 11) is 1.87. The van der Waals surface area contributed by atoms with Crippen molar-refractivity contribution in [2.24, 2.45) is 7.05 Å². The molecule has 3 aromatic rings. The lowest BCUT2D eigenvalue weighted by molar-refractivity contribution is 0.627. The molecule has 0 saturated heterocycles. The van der Waals surface area contributed by atoms with Crippen LogP contribution in [0.15, 0.2) is 48.8 Å². The molecule has 0 aliphatic carbocycles. The van der Waals surface area contributed by atoms with Crippen LogP contribution in [0.2, 0.25) is 0 Å². The molecule has 2 heterocycles. The molecule has 0 bridgehead atoms. The lowest BCUT2D eigenvalue weighted by atomic mass is 10.3. The summed E-state index contributed by atoms with van der Waals surface area (Å²) in [4.78, 5) is 0. The minimum absolute atomic E-state index is 0.252. The molecule has 90 valence electrons. The van der Waals surface area contributed by atoms with Gasteiger partial charge in [0.05, 0.1) is 11.4 Å². The average Bonchev–Trinajstić information content (AvgIpc) is 2.98. The molecule has 0 radical (unpaired) electrons. The number of hydrogen-bond donors (Lipinski definition) is 0. The van der Waals surface area contributed by atoms with E-state index in [0.717, 1.165) is 17.1 Å². The van der Waals surface area contributed by atoms with Crippen LogP contribution < -0.4 is 0 Å². The lowest BCUT2D eigenvalue weighted by Gasteiger charge is -2.01. The highest BCUT2D eigenvalue weighted by Crippen LogP contribution is 2.17. The second-order valence-corrected chi connectivity index (χ2v) is 3.96. The number of benzene rings is 1. The highest BCUT2D eigenvalue weighted by atomic mass is 19.1. The standard InChI is InChI=1S/C13H11FN4/c1-17-13(6-8-15-17)12-7-9-18(16-12)11-4-2-10(14)3-5-11/h2-9H,1H3. The van der Waals surface area contributed by atoms with Gasteiger partial charge in [-0.1, -0.05) is 0 Å². The zero-order valence-corrected chi connectivity index (χ0v) is 9.79. The van der Waals surface area contributed by atoms with Gasteiger partial charge in [-0.2, -0.15) is 10.2 Å². The van der Waals surface area contributed by atoms with Crippen molar-refractivity contribution in [2.75, 3.05) is 0 Å². The van der Waals surface area contributed by atoms with E-state index < -0.39 is 0 Å². The number of rotatable bonds is 2. The summed E-state index contributed by atoms with van der Waals surface area (Å²) in [5.74, 6) is -0.252. The zero-order valence-electron chi connectivity index (χ0n) is 9.79. The van der Waals surface area contributed by atoms with E-state index in [0.29, 0.717) is 0 Å². The van der Waals surface area contributed by atoms with Crippen LogP contribution in [0.3, 0.4) is 0 Å². The third-order valence-electron chi connectivity index (χ3n) is 2.76. The molecule has 0 saturated carbocycles. The molecule has 1 aromatic carbocycles. The topological polar surface area (TPSA) is 35.6 Å². The number of aryl methyl sites for hydroxylation is 1. The Kier molecular flexibility index (Phi) is 2.44. The molecule has 0 aliphatic rings. The van der Waals surface area contributed by atoms with E-state index in [2.05, 4.69) is 10.2 Å². The van der Waals surface area contributed by atoms with Gasteiger partial charge in [-0.15, -0.1) is 0 Å². The molecule has 2 aromatic heterocycles. The Morgan fingerprint density at radius 1 is 1.06 bits per heavy atom. The van der Waals surface area contributed by atoms with Crippen molar-refractivity contribution in [3.05, 3.63) is 54.6 Å². The summed E-state index contributed by atoms with van der Waals surface area (Å²) in [5, 5.41) is 8.55. The van der Waals surface area contributed by atoms with Crippen LogP contribution in [-0.2, 0) is 7.05 Å². The first-order valence-corrected chi connectivity index (χ1v) is 5.54. The van der Waals surface area contributed by atoms with E-state index in [1.807, 2.05) is 25.4 Å². The zero-order chi connectivity index (χ0) is 12.5. The Morgan fingerprint density at radius 2 is 1.83 bits per heavy atom. The highest BCUT2D eigenvalue weighted by Gasteiger charge is 2.07. The van der Waals surface area contributed by atoms with Crippen molar-refractivity contribution in [3.8, 4) is 17.1 Å². The molecular formula is C13H11FN4. The van der Waals surface area contributed by atoms with E-state index in [9.17, 15) is 4.39 Å². The van der Waals surface area contributed by atoms with E-state index in [1.165, 1.54) is 12.1 Å². The molecule has 0 amide bonds. The Labute approximate surface area is 103 Å². The predicted octanol–water partition coefficient (Wildman–Crippen LogP) is 2.41. The fraction of sp³-hybridized carbons (Fsp3) is 0.0769. The molecule has 0 unspecified atom stereocenters. The summed E-state index contributed by atoms with van der Waals surface area (Å²) >= 11 is 0. The summed E-state index contributed by atoms with van der Waals surface area (Å²) in [6.45, 7) is 0. The molecule has 18 heavy (non-hydrogen) atoms. The summed E-state index contributed by atoms with van der Waals surface area (Å²) in [5.41, 5.74) is 2.60. The van der Waals surface area contributed by atoms with Gasteiger partial charge in [0.2, 0.25) is 0 Å². The summed E-state index contributed by atoms with van der Waals surface area (Å²) < 4.78 is 16.3. The molecule has 3 rings (SSSR count). The van der Waals surface area contributed by atoms with Gasteiger partial charge in [0, 0.05) is 19.4 Å². The Hall–Kier alpha value is -2.43. The number of nitrogens with zero attached hydrogens (tertiary/aromatic N) is 4. The smallest absolute Gasteiger partial charge is 0.123 e. The average molecular weight is 242 g/mol. The van der Waals surface area contributed by atoms with Crippen molar-refractivity contribution in [1.29, 1.82) is 0 Å². The van der Waals surface area contributed by atoms with Crippen LogP contribution >= 0.6 is 0 Å². The van der Waals surface area contributed by atoms with Crippen LogP contribution in [0.5, 0.6) is 0 Å². The third-order valence-corrected chi connectivity index (χ3v) is 2.76. The van der Waals surface area contributed by atoms with Crippen molar-refractivity contribution < 1.29 is 4.39 Å². The predicted molar refractivity (Wildman–Crippen MR) is 65.7 cm³/mol. The van der Waals surface area contributed by atoms with Crippen LogP contribution in [0.1, 0.15) is 0 Å². The third kappa shape index (κ3) is 1.79. The SMILES string of the molecule is Cn1nccc1-c1ccn(-c2ccc(F)cc2)n1. The molecular weight excluding hydrogens is 231 g/mol. The number of halogens is 1. The van der Waals surface area contributed by atoms with Crippen LogP contribution in [0, 0.1) is 5.82 Å². The Morgan fingerprint density at radius 3 is 2.50 bits per heavy atom. The molecule has 0 aliphatic heterocycles. The summed E-state index contributed by atoms with van der Waals surface area (Å²) in [6.07, 6.45) is 3.57. The molecule has 0 atom stereocenters. The minimum atomic E-state index is -0.252. The molecule has 4 nitrogen and oxygen atoms in total. The molecule has 0 spiro atoms. The van der Waals surface area contributed by atoms with Crippen molar-refractivity contribution in [1.82, 2.24) is 19.6 Å². The first-order chi connectivity index (χ1) is 8.74. The van der Waals surface area contributed by atoms with Crippen LogP contribution in [-0.4, -0.2) is 19.6 Å². The van der Waals surface area contributed by atoms with E-state index >= 15 is 0 Å². The van der Waals surface area contributed by atoms with Crippen molar-refractivity contribution in [3.63, 3.8) is 0 Å². The second kappa shape index (κ2) is 4.10. The van der Waals surface area contributed by atoms with Gasteiger partial charge in [0.25, 0.3) is 0 Å². The monoisotopic (exact) mass is 242 g/mol. The van der Waals surface area contributed by atoms with Gasteiger partial charge in [-0.25, -0.2) is 9.07 Å². The van der Waals surface area contributed by atoms with Crippen LogP contribution in [0.4, 0.5) is 4.39 Å². The van der Waals surface area contributed by atoms with Gasteiger partial charge < -0.3 is 0 Å². The molecule has 0 N–H and O–H groups in total. The largest absolute Gasteiger partial charge is 0.266 e. The number of hydrogen-bond acceptors (Lipinski definition) is 2. The maximum atomic E-state index is 12.8. The summed E-state index contributed by atoms with van der Waals surface area (Å²) in [6, 6.07) is 10.0. The maximum Gasteiger partial charge on any atom is 0.123 e. The Balaban J connectivity index is 1.99. The first kappa shape index (κ1) is 10.7. The minimum Gasteiger partial charge on any atom is -0.266 e. The van der Waals surface area contributed by atoms with E-state index in [1.54, 1.807) is 27.7 Å². The Bertz CT molecular complexity index is 666. The van der Waals surface area contributed by atoms with Crippen molar-refractivity contribution in [2.45, 2.75) is 0 Å².